The summed E-state index contributed by atoms with van der Waals surface area (Å²) < 4.78 is 5.49. The number of fused-ring (bicyclic) bond motifs is 1. The molecule has 1 atom stereocenters. The molecule has 7 nitrogen and oxygen atoms in total. The first-order valence-corrected chi connectivity index (χ1v) is 13.1. The number of allylic oxidation sites excluding steroid dienone is 3. The van der Waals surface area contributed by atoms with Crippen LogP contribution in [0.4, 0.5) is 5.00 Å². The number of carbonyl (C=O) groups is 2. The molecule has 2 aromatic heterocycles. The normalized spacial score (nSPS) is 20.2. The molecular weight excluding hydrogens is 460 g/mol. The van der Waals surface area contributed by atoms with Gasteiger partial charge in [-0.1, -0.05) is 12.5 Å². The Morgan fingerprint density at radius 1 is 1.26 bits per heavy atom. The van der Waals surface area contributed by atoms with Gasteiger partial charge in [-0.15, -0.1) is 11.3 Å². The third-order valence-electron chi connectivity index (χ3n) is 7.02. The van der Waals surface area contributed by atoms with Gasteiger partial charge in [0.2, 0.25) is 0 Å². The molecule has 0 fully saturated rings. The van der Waals surface area contributed by atoms with E-state index in [1.165, 1.54) is 4.88 Å². The van der Waals surface area contributed by atoms with Crippen molar-refractivity contribution < 1.29 is 14.3 Å². The molecule has 0 aromatic carbocycles. The molecule has 35 heavy (non-hydrogen) atoms. The maximum absolute atomic E-state index is 13.4. The minimum absolute atomic E-state index is 0.0150. The standard InChI is InChI=1S/C27H28N4O3S/c1-2-34-27(33)23-17-9-4-3-5-12-21(17)35-26(23)31-19-10-6-11-20(32)24(19)22(18(14-28)25(31)29)16-8-7-13-30-15-16/h7-8,13,15,22H,2-6,9-12,29H2,1H3. The van der Waals surface area contributed by atoms with Crippen LogP contribution in [0.5, 0.6) is 0 Å². The molecular formula is C27H28N4O3S. The summed E-state index contributed by atoms with van der Waals surface area (Å²) in [7, 11) is 0. The second kappa shape index (κ2) is 9.67. The largest absolute Gasteiger partial charge is 0.462 e. The van der Waals surface area contributed by atoms with E-state index in [9.17, 15) is 14.9 Å². The van der Waals surface area contributed by atoms with Gasteiger partial charge in [-0.25, -0.2) is 4.79 Å². The van der Waals surface area contributed by atoms with Gasteiger partial charge in [-0.3, -0.25) is 14.7 Å². The van der Waals surface area contributed by atoms with Crippen LogP contribution in [-0.4, -0.2) is 23.3 Å². The van der Waals surface area contributed by atoms with Crippen LogP contribution in [0.15, 0.2) is 47.2 Å². The Kier molecular flexibility index (Phi) is 6.44. The number of nitrogens with zero attached hydrogens (tertiary/aromatic N) is 3. The van der Waals surface area contributed by atoms with Gasteiger partial charge in [-0.05, 0) is 62.6 Å². The van der Waals surface area contributed by atoms with Crippen molar-refractivity contribution in [3.8, 4) is 6.07 Å². The lowest BCUT2D eigenvalue weighted by atomic mass is 9.76. The number of aryl methyl sites for hydroxylation is 1. The van der Waals surface area contributed by atoms with Gasteiger partial charge in [-0.2, -0.15) is 5.26 Å². The second-order valence-electron chi connectivity index (χ2n) is 9.07. The predicted octanol–water partition coefficient (Wildman–Crippen LogP) is 4.89. The topological polar surface area (TPSA) is 109 Å². The van der Waals surface area contributed by atoms with Crippen LogP contribution in [-0.2, 0) is 22.4 Å². The van der Waals surface area contributed by atoms with E-state index in [-0.39, 0.29) is 24.2 Å². The molecule has 8 heteroatoms. The Bertz CT molecular complexity index is 1290. The lowest BCUT2D eigenvalue weighted by Gasteiger charge is -2.39. The van der Waals surface area contributed by atoms with Crippen molar-refractivity contribution in [3.63, 3.8) is 0 Å². The van der Waals surface area contributed by atoms with Crippen LogP contribution in [0.3, 0.4) is 0 Å². The number of Topliss-reactive ketones (excluding diaryl/α,β-unsaturated/α-hetero) is 1. The molecule has 3 heterocycles. The molecule has 2 aromatic rings. The lowest BCUT2D eigenvalue weighted by Crippen LogP contribution is -2.39. The average molecular weight is 489 g/mol. The van der Waals surface area contributed by atoms with Crippen molar-refractivity contribution in [3.05, 3.63) is 68.8 Å². The smallest absolute Gasteiger partial charge is 0.341 e. The molecule has 0 spiro atoms. The number of esters is 1. The number of anilines is 1. The molecule has 0 bridgehead atoms. The molecule has 0 amide bonds. The third-order valence-corrected chi connectivity index (χ3v) is 8.29. The first-order chi connectivity index (χ1) is 17.1. The first kappa shape index (κ1) is 23.3. The fourth-order valence-electron chi connectivity index (χ4n) is 5.50. The molecule has 2 aliphatic carbocycles. The van der Waals surface area contributed by atoms with Crippen LogP contribution in [0.2, 0.25) is 0 Å². The maximum Gasteiger partial charge on any atom is 0.341 e. The number of ether oxygens (including phenoxy) is 1. The van der Waals surface area contributed by atoms with Crippen molar-refractivity contribution >= 4 is 28.1 Å². The van der Waals surface area contributed by atoms with E-state index in [0.29, 0.717) is 41.0 Å². The van der Waals surface area contributed by atoms with Crippen LogP contribution in [0.25, 0.3) is 0 Å². The summed E-state index contributed by atoms with van der Waals surface area (Å²) in [5.74, 6) is -0.638. The monoisotopic (exact) mass is 488 g/mol. The predicted molar refractivity (Wildman–Crippen MR) is 134 cm³/mol. The minimum Gasteiger partial charge on any atom is -0.462 e. The van der Waals surface area contributed by atoms with Crippen LogP contribution in [0, 0.1) is 11.3 Å². The number of thiophene rings is 1. The van der Waals surface area contributed by atoms with Gasteiger partial charge in [0.1, 0.15) is 10.8 Å². The zero-order chi connectivity index (χ0) is 24.5. The molecule has 0 saturated heterocycles. The Balaban J connectivity index is 1.76. The van der Waals surface area contributed by atoms with E-state index in [1.54, 1.807) is 36.7 Å². The summed E-state index contributed by atoms with van der Waals surface area (Å²) in [6.45, 7) is 2.07. The van der Waals surface area contributed by atoms with E-state index in [0.717, 1.165) is 48.9 Å². The number of nitriles is 1. The number of nitrogens with two attached hydrogens (primary N) is 1. The minimum atomic E-state index is -0.559. The molecule has 1 aliphatic heterocycles. The number of ketones is 1. The lowest BCUT2D eigenvalue weighted by molar-refractivity contribution is -0.116. The van der Waals surface area contributed by atoms with E-state index in [1.807, 2.05) is 11.0 Å². The summed E-state index contributed by atoms with van der Waals surface area (Å²) in [5.41, 5.74) is 10.8. The number of carbonyl (C=O) groups excluding carboxylic acids is 2. The maximum atomic E-state index is 13.4. The fraction of sp³-hybridized carbons (Fsp3) is 0.407. The van der Waals surface area contributed by atoms with Gasteiger partial charge < -0.3 is 10.5 Å². The highest BCUT2D eigenvalue weighted by Gasteiger charge is 2.42. The Labute approximate surface area is 208 Å². The van der Waals surface area contributed by atoms with Crippen molar-refractivity contribution in [2.75, 3.05) is 11.5 Å². The van der Waals surface area contributed by atoms with Crippen molar-refractivity contribution in [1.82, 2.24) is 4.98 Å². The summed E-state index contributed by atoms with van der Waals surface area (Å²) in [5, 5.41) is 10.9. The fourth-order valence-corrected chi connectivity index (χ4v) is 6.91. The quantitative estimate of drug-likeness (QED) is 0.482. The summed E-state index contributed by atoms with van der Waals surface area (Å²) in [6, 6.07) is 5.97. The molecule has 1 unspecified atom stereocenters. The highest BCUT2D eigenvalue weighted by Crippen LogP contribution is 2.50. The number of pyridine rings is 1. The van der Waals surface area contributed by atoms with Crippen molar-refractivity contribution in [2.24, 2.45) is 5.73 Å². The molecule has 0 saturated carbocycles. The van der Waals surface area contributed by atoms with Gasteiger partial charge in [0, 0.05) is 35.0 Å². The van der Waals surface area contributed by atoms with Gasteiger partial charge in [0.15, 0.2) is 5.78 Å². The van der Waals surface area contributed by atoms with Gasteiger partial charge in [0.25, 0.3) is 0 Å². The second-order valence-corrected chi connectivity index (χ2v) is 10.2. The van der Waals surface area contributed by atoms with Crippen molar-refractivity contribution in [1.29, 1.82) is 5.26 Å². The molecule has 5 rings (SSSR count). The summed E-state index contributed by atoms with van der Waals surface area (Å²) in [4.78, 5) is 33.8. The zero-order valence-electron chi connectivity index (χ0n) is 19.8. The van der Waals surface area contributed by atoms with E-state index >= 15 is 0 Å². The van der Waals surface area contributed by atoms with E-state index < -0.39 is 5.92 Å². The highest BCUT2D eigenvalue weighted by atomic mass is 32.1. The first-order valence-electron chi connectivity index (χ1n) is 12.2. The Morgan fingerprint density at radius 3 is 2.83 bits per heavy atom. The molecule has 2 N–H and O–H groups in total. The third kappa shape index (κ3) is 3.94. The van der Waals surface area contributed by atoms with Gasteiger partial charge >= 0.3 is 5.97 Å². The van der Waals surface area contributed by atoms with Crippen molar-refractivity contribution in [2.45, 2.75) is 64.2 Å². The highest BCUT2D eigenvalue weighted by molar-refractivity contribution is 7.16. The van der Waals surface area contributed by atoms with Crippen LogP contribution >= 0.6 is 11.3 Å². The summed E-state index contributed by atoms with van der Waals surface area (Å²) in [6.07, 6.45) is 10.0. The average Bonchev–Trinajstić information content (AvgIpc) is 3.05. The number of hydrogen-bond acceptors (Lipinski definition) is 8. The van der Waals surface area contributed by atoms with Gasteiger partial charge in [0.05, 0.1) is 29.7 Å². The molecule has 180 valence electrons. The number of aromatic nitrogens is 1. The van der Waals surface area contributed by atoms with E-state index in [4.69, 9.17) is 10.5 Å². The molecule has 3 aliphatic rings. The number of rotatable bonds is 4. The Morgan fingerprint density at radius 2 is 2.09 bits per heavy atom. The van der Waals surface area contributed by atoms with Crippen LogP contribution < -0.4 is 10.6 Å². The summed E-state index contributed by atoms with van der Waals surface area (Å²) >= 11 is 1.55. The Hall–Kier alpha value is -3.44. The zero-order valence-corrected chi connectivity index (χ0v) is 20.6. The van der Waals surface area contributed by atoms with Crippen LogP contribution in [0.1, 0.15) is 77.7 Å². The number of hydrogen-bond donors (Lipinski definition) is 1. The molecule has 0 radical (unpaired) electrons. The van der Waals surface area contributed by atoms with E-state index in [2.05, 4.69) is 11.1 Å². The SMILES string of the molecule is CCOC(=O)c1c(N2C(N)=C(C#N)C(c3cccnc3)C3=C2CCCC3=O)sc2c1CCCCC2.